The summed E-state index contributed by atoms with van der Waals surface area (Å²) in [5, 5.41) is 6.22. The lowest BCUT2D eigenvalue weighted by Crippen LogP contribution is -2.03. The van der Waals surface area contributed by atoms with Gasteiger partial charge in [-0.2, -0.15) is 0 Å². The summed E-state index contributed by atoms with van der Waals surface area (Å²) in [7, 11) is 0. The summed E-state index contributed by atoms with van der Waals surface area (Å²) in [6.45, 7) is 0.850. The number of benzene rings is 1. The van der Waals surface area contributed by atoms with Gasteiger partial charge in [-0.3, -0.25) is 0 Å². The second-order valence-electron chi connectivity index (χ2n) is 3.89. The smallest absolute Gasteiger partial charge is 0.183 e. The predicted octanol–water partition coefficient (Wildman–Crippen LogP) is 4.15. The Morgan fingerprint density at radius 2 is 2.22 bits per heavy atom. The Bertz CT molecular complexity index is 646. The number of thiazole rings is 1. The molecule has 2 aromatic heterocycles. The molecule has 0 amide bonds. The van der Waals surface area contributed by atoms with Crippen LogP contribution in [0.3, 0.4) is 0 Å². The van der Waals surface area contributed by atoms with Crippen molar-refractivity contribution in [1.29, 1.82) is 0 Å². The zero-order valence-corrected chi connectivity index (χ0v) is 11.2. The van der Waals surface area contributed by atoms with Crippen LogP contribution < -0.4 is 5.32 Å². The fourth-order valence-corrected chi connectivity index (χ4v) is 3.30. The molecule has 0 aliphatic heterocycles. The third-order valence-electron chi connectivity index (χ3n) is 2.58. The molecular formula is C13H11FN2S2. The molecule has 1 aromatic carbocycles. The molecule has 3 rings (SSSR count). The largest absolute Gasteiger partial charge is 0.361 e. The van der Waals surface area contributed by atoms with Gasteiger partial charge >= 0.3 is 0 Å². The number of hydrogen-bond acceptors (Lipinski definition) is 4. The van der Waals surface area contributed by atoms with E-state index in [1.807, 2.05) is 0 Å². The molecule has 0 saturated carbocycles. The fraction of sp³-hybridized carbons (Fsp3) is 0.154. The van der Waals surface area contributed by atoms with Gasteiger partial charge in [-0.1, -0.05) is 17.4 Å². The van der Waals surface area contributed by atoms with E-state index < -0.39 is 0 Å². The standard InChI is InChI=1S/C13H11FN2S2/c14-9-3-4-12-11(8-9)16-13(18-12)15-6-5-10-2-1-7-17-10/h1-4,7-8H,5-6H2,(H,15,16). The lowest BCUT2D eigenvalue weighted by molar-refractivity contribution is 0.629. The van der Waals surface area contributed by atoms with Crippen molar-refractivity contribution in [2.75, 3.05) is 11.9 Å². The first-order chi connectivity index (χ1) is 8.81. The maximum atomic E-state index is 13.0. The maximum absolute atomic E-state index is 13.0. The van der Waals surface area contributed by atoms with E-state index in [2.05, 4.69) is 27.8 Å². The molecule has 3 aromatic rings. The van der Waals surface area contributed by atoms with Crippen LogP contribution in [-0.4, -0.2) is 11.5 Å². The van der Waals surface area contributed by atoms with Crippen molar-refractivity contribution in [3.05, 3.63) is 46.4 Å². The molecule has 1 N–H and O–H groups in total. The third kappa shape index (κ3) is 2.52. The van der Waals surface area contributed by atoms with Crippen molar-refractivity contribution in [1.82, 2.24) is 4.98 Å². The van der Waals surface area contributed by atoms with Crippen LogP contribution >= 0.6 is 22.7 Å². The molecule has 2 nitrogen and oxygen atoms in total. The monoisotopic (exact) mass is 278 g/mol. The molecular weight excluding hydrogens is 267 g/mol. The third-order valence-corrected chi connectivity index (χ3v) is 4.51. The average molecular weight is 278 g/mol. The second-order valence-corrected chi connectivity index (χ2v) is 5.95. The van der Waals surface area contributed by atoms with Crippen LogP contribution in [0.15, 0.2) is 35.7 Å². The van der Waals surface area contributed by atoms with Gasteiger partial charge in [0.2, 0.25) is 0 Å². The zero-order valence-electron chi connectivity index (χ0n) is 9.52. The lowest BCUT2D eigenvalue weighted by Gasteiger charge is -1.99. The van der Waals surface area contributed by atoms with Gasteiger partial charge in [0, 0.05) is 17.5 Å². The first-order valence-corrected chi connectivity index (χ1v) is 7.33. The van der Waals surface area contributed by atoms with Gasteiger partial charge in [0.25, 0.3) is 0 Å². The van der Waals surface area contributed by atoms with Crippen LogP contribution in [0.1, 0.15) is 4.88 Å². The maximum Gasteiger partial charge on any atom is 0.183 e. The Morgan fingerprint density at radius 1 is 1.28 bits per heavy atom. The Morgan fingerprint density at radius 3 is 3.06 bits per heavy atom. The molecule has 0 saturated heterocycles. The summed E-state index contributed by atoms with van der Waals surface area (Å²) in [6.07, 6.45) is 0.988. The van der Waals surface area contributed by atoms with Gasteiger partial charge < -0.3 is 5.32 Å². The van der Waals surface area contributed by atoms with Crippen molar-refractivity contribution in [3.8, 4) is 0 Å². The SMILES string of the molecule is Fc1ccc2sc(NCCc3cccs3)nc2c1. The minimum Gasteiger partial charge on any atom is -0.361 e. The molecule has 0 unspecified atom stereocenters. The Labute approximate surface area is 112 Å². The Balaban J connectivity index is 1.67. The lowest BCUT2D eigenvalue weighted by atomic mass is 10.3. The van der Waals surface area contributed by atoms with Gasteiger partial charge in [-0.25, -0.2) is 9.37 Å². The van der Waals surface area contributed by atoms with Crippen molar-refractivity contribution < 1.29 is 4.39 Å². The highest BCUT2D eigenvalue weighted by Gasteiger charge is 2.04. The van der Waals surface area contributed by atoms with Gasteiger partial charge in [0.05, 0.1) is 10.2 Å². The topological polar surface area (TPSA) is 24.9 Å². The number of thiophene rings is 1. The second kappa shape index (κ2) is 5.04. The number of fused-ring (bicyclic) bond motifs is 1. The first-order valence-electron chi connectivity index (χ1n) is 5.63. The molecule has 0 spiro atoms. The van der Waals surface area contributed by atoms with E-state index in [-0.39, 0.29) is 5.82 Å². The van der Waals surface area contributed by atoms with E-state index >= 15 is 0 Å². The quantitative estimate of drug-likeness (QED) is 0.775. The summed E-state index contributed by atoms with van der Waals surface area (Å²) in [4.78, 5) is 5.72. The highest BCUT2D eigenvalue weighted by Crippen LogP contribution is 2.26. The number of aromatic nitrogens is 1. The first kappa shape index (κ1) is 11.6. The van der Waals surface area contributed by atoms with Gasteiger partial charge in [-0.05, 0) is 30.0 Å². The van der Waals surface area contributed by atoms with Crippen molar-refractivity contribution in [2.24, 2.45) is 0 Å². The number of hydrogen-bond donors (Lipinski definition) is 1. The van der Waals surface area contributed by atoms with Crippen LogP contribution in [0.25, 0.3) is 10.2 Å². The summed E-state index contributed by atoms with van der Waals surface area (Å²) in [5.74, 6) is -0.238. The number of anilines is 1. The molecule has 0 aliphatic carbocycles. The van der Waals surface area contributed by atoms with Gasteiger partial charge in [-0.15, -0.1) is 11.3 Å². The van der Waals surface area contributed by atoms with Crippen LogP contribution in [0, 0.1) is 5.82 Å². The fourth-order valence-electron chi connectivity index (χ4n) is 1.72. The molecule has 0 aliphatic rings. The van der Waals surface area contributed by atoms with E-state index in [0.717, 1.165) is 28.3 Å². The number of halogens is 1. The van der Waals surface area contributed by atoms with Crippen LogP contribution in [-0.2, 0) is 6.42 Å². The van der Waals surface area contributed by atoms with E-state index in [0.29, 0.717) is 0 Å². The molecule has 0 bridgehead atoms. The summed E-state index contributed by atoms with van der Waals surface area (Å²) in [6, 6.07) is 8.89. The highest BCUT2D eigenvalue weighted by atomic mass is 32.1. The molecule has 0 atom stereocenters. The van der Waals surface area contributed by atoms with Crippen LogP contribution in [0.4, 0.5) is 9.52 Å². The normalized spacial score (nSPS) is 10.9. The van der Waals surface area contributed by atoms with Gasteiger partial charge in [0.15, 0.2) is 5.13 Å². The molecule has 18 heavy (non-hydrogen) atoms. The molecule has 0 fully saturated rings. The van der Waals surface area contributed by atoms with E-state index in [1.54, 1.807) is 28.7 Å². The van der Waals surface area contributed by atoms with E-state index in [1.165, 1.54) is 17.0 Å². The van der Waals surface area contributed by atoms with E-state index in [9.17, 15) is 4.39 Å². The minimum atomic E-state index is -0.238. The van der Waals surface area contributed by atoms with Crippen molar-refractivity contribution in [2.45, 2.75) is 6.42 Å². The summed E-state index contributed by atoms with van der Waals surface area (Å²) < 4.78 is 14.0. The molecule has 0 radical (unpaired) electrons. The van der Waals surface area contributed by atoms with Crippen LogP contribution in [0.2, 0.25) is 0 Å². The number of rotatable bonds is 4. The van der Waals surface area contributed by atoms with Crippen molar-refractivity contribution >= 4 is 38.0 Å². The summed E-state index contributed by atoms with van der Waals surface area (Å²) in [5.41, 5.74) is 0.721. The van der Waals surface area contributed by atoms with E-state index in [4.69, 9.17) is 0 Å². The van der Waals surface area contributed by atoms with Crippen molar-refractivity contribution in [3.63, 3.8) is 0 Å². The van der Waals surface area contributed by atoms with Crippen LogP contribution in [0.5, 0.6) is 0 Å². The Hall–Kier alpha value is -1.46. The predicted molar refractivity (Wildman–Crippen MR) is 76.1 cm³/mol. The van der Waals surface area contributed by atoms with Gasteiger partial charge in [0.1, 0.15) is 5.82 Å². The zero-order chi connectivity index (χ0) is 12.4. The Kier molecular flexibility index (Phi) is 3.25. The molecule has 2 heterocycles. The molecule has 5 heteroatoms. The highest BCUT2D eigenvalue weighted by molar-refractivity contribution is 7.22. The number of nitrogens with zero attached hydrogens (tertiary/aromatic N) is 1. The minimum absolute atomic E-state index is 0.238. The number of nitrogens with one attached hydrogen (secondary N) is 1. The molecule has 92 valence electrons. The summed E-state index contributed by atoms with van der Waals surface area (Å²) >= 11 is 3.32. The average Bonchev–Trinajstić information content (AvgIpc) is 2.97.